The fraction of sp³-hybridized carbons (Fsp3) is 1.00. The lowest BCUT2D eigenvalue weighted by Gasteiger charge is -2.45. The maximum atomic E-state index is 5.73. The van der Waals surface area contributed by atoms with E-state index >= 15 is 0 Å². The van der Waals surface area contributed by atoms with Crippen LogP contribution in [0.3, 0.4) is 0 Å². The SMILES string of the molecule is CC1CCC(C)C2(CO2)C1(C)C. The highest BCUT2D eigenvalue weighted by Gasteiger charge is 2.63. The Morgan fingerprint density at radius 2 is 1.58 bits per heavy atom. The molecule has 0 bridgehead atoms. The van der Waals surface area contributed by atoms with Crippen molar-refractivity contribution in [3.63, 3.8) is 0 Å². The predicted octanol–water partition coefficient (Wildman–Crippen LogP) is 2.85. The lowest BCUT2D eigenvalue weighted by atomic mass is 9.59. The third-order valence-corrected chi connectivity index (χ3v) is 4.61. The number of rotatable bonds is 0. The zero-order chi connectivity index (χ0) is 8.98. The van der Waals surface area contributed by atoms with E-state index in [0.29, 0.717) is 5.41 Å². The minimum Gasteiger partial charge on any atom is -0.369 e. The van der Waals surface area contributed by atoms with Gasteiger partial charge in [-0.05, 0) is 30.1 Å². The van der Waals surface area contributed by atoms with Gasteiger partial charge < -0.3 is 4.74 Å². The van der Waals surface area contributed by atoms with E-state index in [-0.39, 0.29) is 5.60 Å². The van der Waals surface area contributed by atoms with E-state index in [1.165, 1.54) is 12.8 Å². The fourth-order valence-corrected chi connectivity index (χ4v) is 2.88. The fourth-order valence-electron chi connectivity index (χ4n) is 2.88. The summed E-state index contributed by atoms with van der Waals surface area (Å²) in [6, 6.07) is 0. The lowest BCUT2D eigenvalue weighted by molar-refractivity contribution is -0.00473. The smallest absolute Gasteiger partial charge is 0.0994 e. The van der Waals surface area contributed by atoms with E-state index in [1.807, 2.05) is 0 Å². The Morgan fingerprint density at radius 3 is 2.00 bits per heavy atom. The molecule has 0 N–H and O–H groups in total. The van der Waals surface area contributed by atoms with Crippen LogP contribution in [-0.2, 0) is 4.74 Å². The van der Waals surface area contributed by atoms with Crippen LogP contribution in [0.2, 0.25) is 0 Å². The molecular formula is C11H20O. The van der Waals surface area contributed by atoms with Gasteiger partial charge in [0.2, 0.25) is 0 Å². The van der Waals surface area contributed by atoms with E-state index in [2.05, 4.69) is 27.7 Å². The summed E-state index contributed by atoms with van der Waals surface area (Å²) in [5.41, 5.74) is 0.648. The van der Waals surface area contributed by atoms with Crippen molar-refractivity contribution in [2.45, 2.75) is 46.1 Å². The van der Waals surface area contributed by atoms with Gasteiger partial charge in [-0.3, -0.25) is 0 Å². The Labute approximate surface area is 75.5 Å². The monoisotopic (exact) mass is 168 g/mol. The minimum absolute atomic E-state index is 0.255. The zero-order valence-corrected chi connectivity index (χ0v) is 8.68. The van der Waals surface area contributed by atoms with Gasteiger partial charge in [-0.25, -0.2) is 0 Å². The van der Waals surface area contributed by atoms with Gasteiger partial charge >= 0.3 is 0 Å². The summed E-state index contributed by atoms with van der Waals surface area (Å²) in [7, 11) is 0. The van der Waals surface area contributed by atoms with Crippen molar-refractivity contribution in [2.75, 3.05) is 6.61 Å². The molecule has 1 aliphatic heterocycles. The molecule has 0 aromatic rings. The van der Waals surface area contributed by atoms with Crippen molar-refractivity contribution in [1.82, 2.24) is 0 Å². The van der Waals surface area contributed by atoms with Crippen LogP contribution in [0.25, 0.3) is 0 Å². The van der Waals surface area contributed by atoms with Crippen molar-refractivity contribution in [3.05, 3.63) is 0 Å². The second kappa shape index (κ2) is 2.25. The second-order valence-corrected chi connectivity index (χ2v) is 5.28. The van der Waals surface area contributed by atoms with Crippen LogP contribution in [0.4, 0.5) is 0 Å². The lowest BCUT2D eigenvalue weighted by Crippen LogP contribution is -2.47. The van der Waals surface area contributed by atoms with Gasteiger partial charge in [-0.2, -0.15) is 0 Å². The van der Waals surface area contributed by atoms with Gasteiger partial charge in [0, 0.05) is 0 Å². The highest BCUT2D eigenvalue weighted by molar-refractivity contribution is 5.11. The van der Waals surface area contributed by atoms with Crippen molar-refractivity contribution in [1.29, 1.82) is 0 Å². The first-order chi connectivity index (χ1) is 5.51. The van der Waals surface area contributed by atoms with Crippen molar-refractivity contribution >= 4 is 0 Å². The molecule has 1 saturated heterocycles. The van der Waals surface area contributed by atoms with E-state index in [1.54, 1.807) is 0 Å². The van der Waals surface area contributed by atoms with Crippen molar-refractivity contribution < 1.29 is 4.74 Å². The number of hydrogen-bond donors (Lipinski definition) is 0. The quantitative estimate of drug-likeness (QED) is 0.507. The Morgan fingerprint density at radius 1 is 1.08 bits per heavy atom. The highest BCUT2D eigenvalue weighted by Crippen LogP contribution is 2.58. The summed E-state index contributed by atoms with van der Waals surface area (Å²) in [4.78, 5) is 0. The molecule has 2 aliphatic rings. The maximum Gasteiger partial charge on any atom is 0.0994 e. The number of ether oxygens (including phenoxy) is 1. The van der Waals surface area contributed by atoms with Crippen LogP contribution in [0.1, 0.15) is 40.5 Å². The average Bonchev–Trinajstić information content (AvgIpc) is 2.76. The standard InChI is InChI=1S/C11H20O/c1-8-5-6-9(2)11(7-12-11)10(8,3)4/h8-9H,5-7H2,1-4H3. The first-order valence-corrected chi connectivity index (χ1v) is 5.14. The van der Waals surface area contributed by atoms with Crippen molar-refractivity contribution in [3.8, 4) is 0 Å². The minimum atomic E-state index is 0.255. The first kappa shape index (κ1) is 8.55. The molecule has 1 aliphatic carbocycles. The zero-order valence-electron chi connectivity index (χ0n) is 8.68. The van der Waals surface area contributed by atoms with Gasteiger partial charge in [0.05, 0.1) is 12.2 Å². The summed E-state index contributed by atoms with van der Waals surface area (Å²) >= 11 is 0. The third-order valence-electron chi connectivity index (χ3n) is 4.61. The third kappa shape index (κ3) is 0.834. The summed E-state index contributed by atoms with van der Waals surface area (Å²) in [5.74, 6) is 1.58. The Hall–Kier alpha value is -0.0400. The molecule has 12 heavy (non-hydrogen) atoms. The largest absolute Gasteiger partial charge is 0.369 e. The maximum absolute atomic E-state index is 5.73. The molecule has 2 rings (SSSR count). The predicted molar refractivity (Wildman–Crippen MR) is 50.0 cm³/mol. The highest BCUT2D eigenvalue weighted by atomic mass is 16.6. The van der Waals surface area contributed by atoms with E-state index < -0.39 is 0 Å². The second-order valence-electron chi connectivity index (χ2n) is 5.28. The van der Waals surface area contributed by atoms with Crippen LogP contribution >= 0.6 is 0 Å². The van der Waals surface area contributed by atoms with Crippen LogP contribution in [-0.4, -0.2) is 12.2 Å². The normalized spacial score (nSPS) is 51.0. The molecule has 1 heterocycles. The van der Waals surface area contributed by atoms with Crippen LogP contribution in [0.15, 0.2) is 0 Å². The molecule has 0 aromatic carbocycles. The van der Waals surface area contributed by atoms with Gasteiger partial charge in [-0.15, -0.1) is 0 Å². The Kier molecular flexibility index (Phi) is 1.61. The molecular weight excluding hydrogens is 148 g/mol. The van der Waals surface area contributed by atoms with Gasteiger partial charge in [-0.1, -0.05) is 27.7 Å². The molecule has 3 atom stereocenters. The van der Waals surface area contributed by atoms with Crippen LogP contribution in [0, 0.1) is 17.3 Å². The molecule has 1 saturated carbocycles. The molecule has 3 unspecified atom stereocenters. The summed E-state index contributed by atoms with van der Waals surface area (Å²) < 4.78 is 5.73. The van der Waals surface area contributed by atoms with Crippen LogP contribution < -0.4 is 0 Å². The Balaban J connectivity index is 2.27. The molecule has 0 aromatic heterocycles. The molecule has 0 amide bonds. The van der Waals surface area contributed by atoms with E-state index in [9.17, 15) is 0 Å². The number of hydrogen-bond acceptors (Lipinski definition) is 1. The molecule has 70 valence electrons. The molecule has 1 spiro atoms. The average molecular weight is 168 g/mol. The number of epoxide rings is 1. The topological polar surface area (TPSA) is 12.5 Å². The summed E-state index contributed by atoms with van der Waals surface area (Å²) in [6.07, 6.45) is 2.73. The molecule has 0 radical (unpaired) electrons. The first-order valence-electron chi connectivity index (χ1n) is 5.14. The van der Waals surface area contributed by atoms with Crippen molar-refractivity contribution in [2.24, 2.45) is 17.3 Å². The van der Waals surface area contributed by atoms with E-state index in [0.717, 1.165) is 18.4 Å². The van der Waals surface area contributed by atoms with Gasteiger partial charge in [0.1, 0.15) is 0 Å². The van der Waals surface area contributed by atoms with Gasteiger partial charge in [0.25, 0.3) is 0 Å². The van der Waals surface area contributed by atoms with E-state index in [4.69, 9.17) is 4.74 Å². The molecule has 2 fully saturated rings. The summed E-state index contributed by atoms with van der Waals surface area (Å²) in [6.45, 7) is 10.5. The van der Waals surface area contributed by atoms with Gasteiger partial charge in [0.15, 0.2) is 0 Å². The van der Waals surface area contributed by atoms with Crippen LogP contribution in [0.5, 0.6) is 0 Å². The summed E-state index contributed by atoms with van der Waals surface area (Å²) in [5, 5.41) is 0. The molecule has 1 heteroatoms. The Bertz CT molecular complexity index is 181. The molecule has 1 nitrogen and oxygen atoms in total.